The zero-order chi connectivity index (χ0) is 16.2. The molecule has 3 fully saturated rings. The molecule has 2 aliphatic carbocycles. The van der Waals surface area contributed by atoms with Gasteiger partial charge in [-0.2, -0.15) is 13.2 Å². The average Bonchev–Trinajstić information content (AvgIpc) is 2.60. The van der Waals surface area contributed by atoms with Crippen molar-refractivity contribution in [3.05, 3.63) is 0 Å². The summed E-state index contributed by atoms with van der Waals surface area (Å²) in [6, 6.07) is 0. The summed E-state index contributed by atoms with van der Waals surface area (Å²) < 4.78 is 44.2. The predicted octanol–water partition coefficient (Wildman–Crippen LogP) is 5.87. The smallest absolute Gasteiger partial charge is 0.368 e. The van der Waals surface area contributed by atoms with Crippen LogP contribution in [0.1, 0.15) is 78.6 Å². The van der Waals surface area contributed by atoms with Gasteiger partial charge >= 0.3 is 6.18 Å². The fourth-order valence-corrected chi connectivity index (χ4v) is 5.71. The summed E-state index contributed by atoms with van der Waals surface area (Å²) in [6.07, 6.45) is 3.04. The molecule has 0 aromatic rings. The first-order valence-electron chi connectivity index (χ1n) is 8.85. The summed E-state index contributed by atoms with van der Waals surface area (Å²) in [6.45, 7) is 6.69. The van der Waals surface area contributed by atoms with Crippen molar-refractivity contribution in [3.8, 4) is 0 Å². The molecule has 0 aromatic heterocycles. The molecular formula is C18H29F3O. The molecule has 128 valence electrons. The molecule has 1 heterocycles. The van der Waals surface area contributed by atoms with E-state index in [-0.39, 0.29) is 23.0 Å². The van der Waals surface area contributed by atoms with Crippen LogP contribution in [0.2, 0.25) is 0 Å². The van der Waals surface area contributed by atoms with Gasteiger partial charge in [0.25, 0.3) is 0 Å². The minimum absolute atomic E-state index is 0.114. The van der Waals surface area contributed by atoms with Crippen LogP contribution >= 0.6 is 0 Å². The molecule has 1 unspecified atom stereocenters. The van der Waals surface area contributed by atoms with Gasteiger partial charge in [0.1, 0.15) is 0 Å². The number of alkyl halides is 3. The maximum Gasteiger partial charge on any atom is 0.389 e. The lowest BCUT2D eigenvalue weighted by Crippen LogP contribution is -2.56. The molecule has 3 aliphatic rings. The molecule has 1 saturated heterocycles. The lowest BCUT2D eigenvalue weighted by molar-refractivity contribution is -0.200. The fraction of sp³-hybridized carbons (Fsp3) is 1.00. The Bertz CT molecular complexity index is 431. The summed E-state index contributed by atoms with van der Waals surface area (Å²) >= 11 is 0. The topological polar surface area (TPSA) is 9.23 Å². The van der Waals surface area contributed by atoms with Gasteiger partial charge in [-0.05, 0) is 76.0 Å². The fourth-order valence-electron chi connectivity index (χ4n) is 5.71. The number of rotatable bonds is 3. The highest BCUT2D eigenvalue weighted by molar-refractivity contribution is 5.15. The first-order valence-corrected chi connectivity index (χ1v) is 8.85. The number of fused-ring (bicyclic) bond motifs is 1. The highest BCUT2D eigenvalue weighted by Crippen LogP contribution is 2.66. The van der Waals surface area contributed by atoms with Crippen LogP contribution in [0.25, 0.3) is 0 Å². The molecular weight excluding hydrogens is 289 g/mol. The molecule has 3 rings (SSSR count). The van der Waals surface area contributed by atoms with E-state index in [4.69, 9.17) is 4.74 Å². The lowest BCUT2D eigenvalue weighted by atomic mass is 9.52. The molecule has 2 saturated carbocycles. The van der Waals surface area contributed by atoms with Crippen molar-refractivity contribution in [2.45, 2.75) is 95.9 Å². The number of hydrogen-bond donors (Lipinski definition) is 0. The van der Waals surface area contributed by atoms with Crippen molar-refractivity contribution in [2.24, 2.45) is 17.3 Å². The Labute approximate surface area is 132 Å². The van der Waals surface area contributed by atoms with Gasteiger partial charge in [0.2, 0.25) is 0 Å². The Kier molecular flexibility index (Phi) is 3.87. The van der Waals surface area contributed by atoms with Crippen LogP contribution in [0.3, 0.4) is 0 Å². The van der Waals surface area contributed by atoms with Gasteiger partial charge in [-0.1, -0.05) is 13.3 Å². The summed E-state index contributed by atoms with van der Waals surface area (Å²) in [5.41, 5.74) is -0.112. The van der Waals surface area contributed by atoms with E-state index in [2.05, 4.69) is 20.8 Å². The van der Waals surface area contributed by atoms with E-state index in [1.165, 1.54) is 19.3 Å². The number of hydrogen-bond acceptors (Lipinski definition) is 1. The molecule has 0 N–H and O–H groups in total. The van der Waals surface area contributed by atoms with Gasteiger partial charge in [-0.15, -0.1) is 0 Å². The van der Waals surface area contributed by atoms with E-state index in [9.17, 15) is 13.2 Å². The minimum Gasteiger partial charge on any atom is -0.368 e. The molecule has 1 spiro atoms. The van der Waals surface area contributed by atoms with Crippen molar-refractivity contribution in [1.29, 1.82) is 0 Å². The van der Waals surface area contributed by atoms with Gasteiger partial charge < -0.3 is 4.74 Å². The third kappa shape index (κ3) is 2.59. The third-order valence-electron chi connectivity index (χ3n) is 7.00. The van der Waals surface area contributed by atoms with E-state index < -0.39 is 12.6 Å². The number of halogens is 3. The van der Waals surface area contributed by atoms with Crippen molar-refractivity contribution >= 4 is 0 Å². The Morgan fingerprint density at radius 3 is 2.50 bits per heavy atom. The van der Waals surface area contributed by atoms with Crippen LogP contribution in [0.15, 0.2) is 0 Å². The second kappa shape index (κ2) is 5.12. The van der Waals surface area contributed by atoms with Crippen molar-refractivity contribution < 1.29 is 17.9 Å². The first-order chi connectivity index (χ1) is 10.1. The summed E-state index contributed by atoms with van der Waals surface area (Å²) in [5.74, 6) is 0.877. The SMILES string of the molecule is CC1(C)O[C@]23C[C@H]1CC[C@]2(C)CCCC3CCCC(F)(F)F. The minimum atomic E-state index is -4.03. The van der Waals surface area contributed by atoms with Crippen molar-refractivity contribution in [3.63, 3.8) is 0 Å². The zero-order valence-corrected chi connectivity index (χ0v) is 14.1. The maximum atomic E-state index is 12.5. The second-order valence-corrected chi connectivity index (χ2v) is 8.69. The van der Waals surface area contributed by atoms with Crippen LogP contribution < -0.4 is 0 Å². The standard InChI is InChI=1S/C18H29F3O/c1-15(2)14-8-11-16(3)9-4-6-13(17(16,12-14)22-15)7-5-10-18(19,20)21/h13-14H,4-12H2,1-3H3/t13?,14-,16+,17+/m1/s1. The molecule has 1 nitrogen and oxygen atoms in total. The molecule has 0 amide bonds. The van der Waals surface area contributed by atoms with Crippen molar-refractivity contribution in [1.82, 2.24) is 0 Å². The molecule has 2 bridgehead atoms. The summed E-state index contributed by atoms with van der Waals surface area (Å²) in [7, 11) is 0. The third-order valence-corrected chi connectivity index (χ3v) is 7.00. The Morgan fingerprint density at radius 2 is 1.82 bits per heavy atom. The van der Waals surface area contributed by atoms with E-state index in [0.29, 0.717) is 18.3 Å². The molecule has 4 atom stereocenters. The summed E-state index contributed by atoms with van der Waals surface area (Å²) in [4.78, 5) is 0. The zero-order valence-electron chi connectivity index (χ0n) is 14.1. The number of ether oxygens (including phenoxy) is 1. The van der Waals surface area contributed by atoms with E-state index in [1.54, 1.807) is 0 Å². The van der Waals surface area contributed by atoms with E-state index in [0.717, 1.165) is 19.3 Å². The van der Waals surface area contributed by atoms with Gasteiger partial charge in [0, 0.05) is 6.42 Å². The lowest BCUT2D eigenvalue weighted by Gasteiger charge is -2.56. The van der Waals surface area contributed by atoms with Gasteiger partial charge in [0.15, 0.2) is 0 Å². The van der Waals surface area contributed by atoms with Crippen LogP contribution in [-0.4, -0.2) is 17.4 Å². The molecule has 22 heavy (non-hydrogen) atoms. The van der Waals surface area contributed by atoms with Crippen LogP contribution in [-0.2, 0) is 4.74 Å². The van der Waals surface area contributed by atoms with Gasteiger partial charge in [0.05, 0.1) is 11.2 Å². The maximum absolute atomic E-state index is 12.5. The Hall–Kier alpha value is -0.250. The monoisotopic (exact) mass is 318 g/mol. The van der Waals surface area contributed by atoms with Crippen LogP contribution in [0.5, 0.6) is 0 Å². The molecule has 0 radical (unpaired) electrons. The van der Waals surface area contributed by atoms with E-state index in [1.807, 2.05) is 0 Å². The predicted molar refractivity (Wildman–Crippen MR) is 80.6 cm³/mol. The normalized spacial score (nSPS) is 43.9. The molecule has 4 heteroatoms. The summed E-state index contributed by atoms with van der Waals surface area (Å²) in [5, 5.41) is 0. The quantitative estimate of drug-likeness (QED) is 0.632. The largest absolute Gasteiger partial charge is 0.389 e. The molecule has 0 aromatic carbocycles. The van der Waals surface area contributed by atoms with Gasteiger partial charge in [-0.3, -0.25) is 0 Å². The highest BCUT2D eigenvalue weighted by atomic mass is 19.4. The molecule has 1 aliphatic heterocycles. The second-order valence-electron chi connectivity index (χ2n) is 8.69. The average molecular weight is 318 g/mol. The Morgan fingerprint density at radius 1 is 1.09 bits per heavy atom. The van der Waals surface area contributed by atoms with Gasteiger partial charge in [-0.25, -0.2) is 0 Å². The highest BCUT2D eigenvalue weighted by Gasteiger charge is 2.65. The van der Waals surface area contributed by atoms with Crippen LogP contribution in [0, 0.1) is 17.3 Å². The van der Waals surface area contributed by atoms with E-state index >= 15 is 0 Å². The Balaban J connectivity index is 1.79. The van der Waals surface area contributed by atoms with Crippen LogP contribution in [0.4, 0.5) is 13.2 Å². The first kappa shape index (κ1) is 16.6. The van der Waals surface area contributed by atoms with Crippen molar-refractivity contribution in [2.75, 3.05) is 0 Å².